The summed E-state index contributed by atoms with van der Waals surface area (Å²) in [5, 5.41) is 0. The lowest BCUT2D eigenvalue weighted by Crippen LogP contribution is -2.48. The number of amides is 1. The minimum atomic E-state index is 0.0118. The fraction of sp³-hybridized carbons (Fsp3) is 0.533. The molecule has 1 aliphatic heterocycles. The van der Waals surface area contributed by atoms with E-state index in [2.05, 4.69) is 11.9 Å². The molecule has 2 N–H and O–H groups in total. The van der Waals surface area contributed by atoms with E-state index >= 15 is 0 Å². The van der Waals surface area contributed by atoms with Gasteiger partial charge in [-0.25, -0.2) is 0 Å². The Morgan fingerprint density at radius 1 is 1.29 bits per heavy atom. The Hall–Kier alpha value is -1.95. The van der Waals surface area contributed by atoms with E-state index in [0.717, 1.165) is 31.9 Å². The van der Waals surface area contributed by atoms with Crippen molar-refractivity contribution in [3.63, 3.8) is 0 Å². The third-order valence-electron chi connectivity index (χ3n) is 3.72. The number of carbonyl (C=O) groups is 1. The highest BCUT2D eigenvalue weighted by molar-refractivity contribution is 5.78. The van der Waals surface area contributed by atoms with Crippen molar-refractivity contribution in [3.8, 4) is 5.75 Å². The fourth-order valence-electron chi connectivity index (χ4n) is 2.21. The molecule has 1 amide bonds. The highest BCUT2D eigenvalue weighted by Crippen LogP contribution is 2.26. The lowest BCUT2D eigenvalue weighted by atomic mass is 10.2. The zero-order valence-corrected chi connectivity index (χ0v) is 13.0. The van der Waals surface area contributed by atoms with Gasteiger partial charge >= 0.3 is 0 Å². The van der Waals surface area contributed by atoms with Crippen LogP contribution in [0.25, 0.3) is 0 Å². The number of rotatable bonds is 4. The highest BCUT2D eigenvalue weighted by Gasteiger charge is 2.19. The summed E-state index contributed by atoms with van der Waals surface area (Å²) in [7, 11) is 5.96. The van der Waals surface area contributed by atoms with E-state index in [-0.39, 0.29) is 12.5 Å². The molecule has 21 heavy (non-hydrogen) atoms. The second kappa shape index (κ2) is 6.67. The van der Waals surface area contributed by atoms with Crippen LogP contribution in [0.2, 0.25) is 0 Å². The van der Waals surface area contributed by atoms with E-state index in [9.17, 15) is 4.79 Å². The molecule has 0 bridgehead atoms. The zero-order valence-electron chi connectivity index (χ0n) is 13.0. The van der Waals surface area contributed by atoms with Gasteiger partial charge in [-0.3, -0.25) is 4.79 Å². The fourth-order valence-corrected chi connectivity index (χ4v) is 2.21. The summed E-state index contributed by atoms with van der Waals surface area (Å²) in [6.07, 6.45) is 0. The van der Waals surface area contributed by atoms with Crippen molar-refractivity contribution in [2.45, 2.75) is 0 Å². The molecule has 0 aliphatic carbocycles. The lowest BCUT2D eigenvalue weighted by molar-refractivity contribution is -0.134. The molecule has 1 aliphatic rings. The first-order chi connectivity index (χ1) is 9.97. The molecule has 1 aromatic carbocycles. The normalized spacial score (nSPS) is 15.9. The number of ether oxygens (including phenoxy) is 1. The van der Waals surface area contributed by atoms with Crippen molar-refractivity contribution in [1.82, 2.24) is 9.80 Å². The number of hydrogen-bond acceptors (Lipinski definition) is 5. The lowest BCUT2D eigenvalue weighted by Gasteiger charge is -2.32. The van der Waals surface area contributed by atoms with Crippen molar-refractivity contribution in [2.24, 2.45) is 0 Å². The van der Waals surface area contributed by atoms with E-state index in [1.807, 2.05) is 36.0 Å². The quantitative estimate of drug-likeness (QED) is 0.818. The summed E-state index contributed by atoms with van der Waals surface area (Å²) in [4.78, 5) is 18.2. The number of nitrogens with two attached hydrogens (primary N) is 1. The number of carbonyl (C=O) groups excluding carboxylic acids is 1. The molecule has 0 radical (unpaired) electrons. The summed E-state index contributed by atoms with van der Waals surface area (Å²) in [5.41, 5.74) is 7.44. The van der Waals surface area contributed by atoms with E-state index in [0.29, 0.717) is 11.4 Å². The molecule has 0 aromatic heterocycles. The summed E-state index contributed by atoms with van der Waals surface area (Å²) in [6.45, 7) is 3.36. The van der Waals surface area contributed by atoms with Gasteiger partial charge in [0.05, 0.1) is 5.69 Å². The molecule has 0 saturated carbocycles. The van der Waals surface area contributed by atoms with Gasteiger partial charge in [-0.15, -0.1) is 0 Å². The highest BCUT2D eigenvalue weighted by atomic mass is 16.5. The van der Waals surface area contributed by atoms with E-state index in [1.165, 1.54) is 0 Å². The van der Waals surface area contributed by atoms with Gasteiger partial charge in [0.1, 0.15) is 5.75 Å². The molecule has 0 atom stereocenters. The van der Waals surface area contributed by atoms with Crippen LogP contribution in [0.1, 0.15) is 0 Å². The monoisotopic (exact) mass is 292 g/mol. The van der Waals surface area contributed by atoms with Crippen LogP contribution in [0.15, 0.2) is 18.2 Å². The Bertz CT molecular complexity index is 496. The van der Waals surface area contributed by atoms with Crippen LogP contribution in [0.3, 0.4) is 0 Å². The number of likely N-dealkylation sites (N-methyl/N-ethyl adjacent to an activating group) is 1. The van der Waals surface area contributed by atoms with Gasteiger partial charge in [0.25, 0.3) is 5.91 Å². The summed E-state index contributed by atoms with van der Waals surface area (Å²) >= 11 is 0. The molecule has 0 spiro atoms. The van der Waals surface area contributed by atoms with Gasteiger partial charge in [-0.2, -0.15) is 0 Å². The minimum Gasteiger partial charge on any atom is -0.482 e. The Balaban J connectivity index is 1.93. The average molecular weight is 292 g/mol. The number of anilines is 2. The largest absolute Gasteiger partial charge is 0.482 e. The smallest absolute Gasteiger partial charge is 0.260 e. The molecule has 116 valence electrons. The van der Waals surface area contributed by atoms with E-state index < -0.39 is 0 Å². The molecule has 1 heterocycles. The maximum Gasteiger partial charge on any atom is 0.260 e. The second-order valence-corrected chi connectivity index (χ2v) is 5.59. The summed E-state index contributed by atoms with van der Waals surface area (Å²) < 4.78 is 5.61. The molecule has 1 aromatic rings. The first-order valence-electron chi connectivity index (χ1n) is 7.13. The SMILES string of the molecule is CN1CCN(C(=O)COc2cc(N(C)C)ccc2N)CC1. The van der Waals surface area contributed by atoms with E-state index in [1.54, 1.807) is 6.07 Å². The van der Waals surface area contributed by atoms with E-state index in [4.69, 9.17) is 10.5 Å². The number of hydrogen-bond donors (Lipinski definition) is 1. The predicted molar refractivity (Wildman–Crippen MR) is 84.8 cm³/mol. The Labute approximate surface area is 126 Å². The van der Waals surface area contributed by atoms with Crippen LogP contribution in [-0.2, 0) is 4.79 Å². The van der Waals surface area contributed by atoms with Crippen molar-refractivity contribution in [2.75, 3.05) is 64.6 Å². The first kappa shape index (κ1) is 15.4. The molecule has 2 rings (SSSR count). The van der Waals surface area contributed by atoms with Crippen LogP contribution in [0.5, 0.6) is 5.75 Å². The van der Waals surface area contributed by atoms with Gasteiger partial charge in [-0.1, -0.05) is 0 Å². The third kappa shape index (κ3) is 4.01. The minimum absolute atomic E-state index is 0.0118. The zero-order chi connectivity index (χ0) is 15.4. The predicted octanol–water partition coefficient (Wildman–Crippen LogP) is 0.488. The second-order valence-electron chi connectivity index (χ2n) is 5.59. The number of piperazine rings is 1. The summed E-state index contributed by atoms with van der Waals surface area (Å²) in [5.74, 6) is 0.571. The van der Waals surface area contributed by atoms with Crippen LogP contribution in [-0.4, -0.2) is 69.6 Å². The van der Waals surface area contributed by atoms with Crippen LogP contribution >= 0.6 is 0 Å². The Kier molecular flexibility index (Phi) is 4.90. The molecule has 1 saturated heterocycles. The Morgan fingerprint density at radius 2 is 1.95 bits per heavy atom. The molecular formula is C15H24N4O2. The standard InChI is InChI=1S/C15H24N4O2/c1-17(2)12-4-5-13(16)14(10-12)21-11-15(20)19-8-6-18(3)7-9-19/h4-5,10H,6-9,11,16H2,1-3H3. The van der Waals surface area contributed by atoms with Crippen molar-refractivity contribution in [1.29, 1.82) is 0 Å². The number of benzene rings is 1. The molecule has 0 unspecified atom stereocenters. The molecule has 6 nitrogen and oxygen atoms in total. The Morgan fingerprint density at radius 3 is 2.57 bits per heavy atom. The van der Waals surface area contributed by atoms with Crippen LogP contribution < -0.4 is 15.4 Å². The molecular weight excluding hydrogens is 268 g/mol. The van der Waals surface area contributed by atoms with Gasteiger partial charge in [0, 0.05) is 52.0 Å². The average Bonchev–Trinajstić information content (AvgIpc) is 2.46. The van der Waals surface area contributed by atoms with Crippen molar-refractivity contribution < 1.29 is 9.53 Å². The van der Waals surface area contributed by atoms with Crippen LogP contribution in [0.4, 0.5) is 11.4 Å². The maximum atomic E-state index is 12.1. The van der Waals surface area contributed by atoms with Crippen LogP contribution in [0, 0.1) is 0 Å². The summed E-state index contributed by atoms with van der Waals surface area (Å²) in [6, 6.07) is 5.57. The topological polar surface area (TPSA) is 62.0 Å². The molecule has 6 heteroatoms. The van der Waals surface area contributed by atoms with Gasteiger partial charge < -0.3 is 25.2 Å². The third-order valence-corrected chi connectivity index (χ3v) is 3.72. The van der Waals surface area contributed by atoms with Crippen molar-refractivity contribution >= 4 is 17.3 Å². The first-order valence-corrected chi connectivity index (χ1v) is 7.13. The van der Waals surface area contributed by atoms with Gasteiger partial charge in [0.15, 0.2) is 6.61 Å². The van der Waals surface area contributed by atoms with Gasteiger partial charge in [0.2, 0.25) is 0 Å². The van der Waals surface area contributed by atoms with Gasteiger partial charge in [-0.05, 0) is 19.2 Å². The number of nitrogen functional groups attached to an aromatic ring is 1. The molecule has 1 fully saturated rings. The maximum absolute atomic E-state index is 12.1. The number of nitrogens with zero attached hydrogens (tertiary/aromatic N) is 3. The van der Waals surface area contributed by atoms with Crippen molar-refractivity contribution in [3.05, 3.63) is 18.2 Å².